The van der Waals surface area contributed by atoms with Gasteiger partial charge in [-0.25, -0.2) is 0 Å². The van der Waals surface area contributed by atoms with E-state index in [-0.39, 0.29) is 11.3 Å². The van der Waals surface area contributed by atoms with E-state index in [1.165, 1.54) is 74.4 Å². The van der Waals surface area contributed by atoms with E-state index in [1.807, 2.05) is 0 Å². The number of hydrogen-bond acceptors (Lipinski definition) is 5. The largest absolute Gasteiger partial charge is 0.619 e. The van der Waals surface area contributed by atoms with Gasteiger partial charge in [0.05, 0.1) is 5.56 Å². The van der Waals surface area contributed by atoms with E-state index < -0.39 is 0 Å². The second-order valence-corrected chi connectivity index (χ2v) is 8.99. The number of nitrogens with zero attached hydrogens (tertiary/aromatic N) is 3. The number of carbonyl (C=O) groups is 1. The highest BCUT2D eigenvalue weighted by Crippen LogP contribution is 2.61. The highest BCUT2D eigenvalue weighted by Gasteiger charge is 2.53. The van der Waals surface area contributed by atoms with Gasteiger partial charge in [-0.2, -0.15) is 4.73 Å². The summed E-state index contributed by atoms with van der Waals surface area (Å²) in [6, 6.07) is 3.01. The van der Waals surface area contributed by atoms with Gasteiger partial charge in [0.1, 0.15) is 5.01 Å². The van der Waals surface area contributed by atoms with Gasteiger partial charge in [-0.1, -0.05) is 11.3 Å². The van der Waals surface area contributed by atoms with Crippen LogP contribution in [0.3, 0.4) is 0 Å². The Morgan fingerprint density at radius 3 is 2.32 bits per heavy atom. The van der Waals surface area contributed by atoms with Gasteiger partial charge in [-0.05, 0) is 56.3 Å². The fourth-order valence-corrected chi connectivity index (χ4v) is 6.55. The second-order valence-electron chi connectivity index (χ2n) is 8.01. The molecule has 2 heterocycles. The third-order valence-corrected chi connectivity index (χ3v) is 7.29. The Bertz CT molecular complexity index is 781. The van der Waals surface area contributed by atoms with Crippen molar-refractivity contribution in [1.29, 1.82) is 0 Å². The van der Waals surface area contributed by atoms with E-state index in [0.29, 0.717) is 15.4 Å². The zero-order chi connectivity index (χ0) is 17.0. The molecule has 4 saturated carbocycles. The molecule has 2 aromatic heterocycles. The average molecular weight is 356 g/mol. The molecule has 0 atom stereocenters. The van der Waals surface area contributed by atoms with Crippen molar-refractivity contribution in [3.05, 3.63) is 40.3 Å². The van der Waals surface area contributed by atoms with Crippen molar-refractivity contribution < 1.29 is 9.52 Å². The molecule has 4 fully saturated rings. The molecule has 1 amide bonds. The molecular formula is C18H20N4O2S. The molecule has 6 rings (SSSR count). The summed E-state index contributed by atoms with van der Waals surface area (Å²) in [5, 5.41) is 24.2. The third kappa shape index (κ3) is 2.61. The first-order valence-electron chi connectivity index (χ1n) is 8.94. The van der Waals surface area contributed by atoms with Gasteiger partial charge in [0.25, 0.3) is 5.91 Å². The van der Waals surface area contributed by atoms with Gasteiger partial charge >= 0.3 is 0 Å². The normalized spacial score (nSPS) is 32.7. The molecule has 2 aromatic rings. The summed E-state index contributed by atoms with van der Waals surface area (Å²) in [5.74, 6) is 2.32. The molecule has 0 aliphatic heterocycles. The number of aromatic nitrogens is 3. The third-order valence-electron chi connectivity index (χ3n) is 6.20. The maximum absolute atomic E-state index is 12.3. The molecule has 25 heavy (non-hydrogen) atoms. The van der Waals surface area contributed by atoms with Gasteiger partial charge in [0.2, 0.25) is 5.13 Å². The first kappa shape index (κ1) is 15.3. The van der Waals surface area contributed by atoms with Gasteiger partial charge in [-0.15, -0.1) is 10.2 Å². The monoisotopic (exact) mass is 356 g/mol. The topological polar surface area (TPSA) is 81.8 Å². The van der Waals surface area contributed by atoms with E-state index in [2.05, 4.69) is 15.5 Å². The summed E-state index contributed by atoms with van der Waals surface area (Å²) in [5.41, 5.74) is 0.648. The summed E-state index contributed by atoms with van der Waals surface area (Å²) >= 11 is 1.53. The Hall–Kier alpha value is -2.02. The lowest BCUT2D eigenvalue weighted by molar-refractivity contribution is -0.605. The molecule has 130 valence electrons. The van der Waals surface area contributed by atoms with Crippen LogP contribution in [0.15, 0.2) is 24.5 Å². The molecule has 0 aromatic carbocycles. The van der Waals surface area contributed by atoms with Crippen molar-refractivity contribution in [1.82, 2.24) is 10.2 Å². The van der Waals surface area contributed by atoms with Crippen molar-refractivity contribution in [2.45, 2.75) is 43.9 Å². The Kier molecular flexibility index (Phi) is 3.35. The molecule has 6 nitrogen and oxygen atoms in total. The lowest BCUT2D eigenvalue weighted by Gasteiger charge is -2.55. The van der Waals surface area contributed by atoms with Gasteiger partial charge in [-0.3, -0.25) is 10.1 Å². The number of pyridine rings is 1. The SMILES string of the molecule is O=C(Nc1nnc(C23CC4CC(CC(C4)C2)C3)s1)c1cc[n+]([O-])cc1. The summed E-state index contributed by atoms with van der Waals surface area (Å²) in [7, 11) is 0. The summed E-state index contributed by atoms with van der Waals surface area (Å²) in [6.45, 7) is 0. The first-order valence-corrected chi connectivity index (χ1v) is 9.75. The molecule has 1 N–H and O–H groups in total. The zero-order valence-electron chi connectivity index (χ0n) is 13.9. The van der Waals surface area contributed by atoms with Crippen molar-refractivity contribution in [2.75, 3.05) is 5.32 Å². The summed E-state index contributed by atoms with van der Waals surface area (Å²) in [6.07, 6.45) is 10.5. The molecule has 0 radical (unpaired) electrons. The van der Waals surface area contributed by atoms with Crippen LogP contribution in [0.5, 0.6) is 0 Å². The van der Waals surface area contributed by atoms with Gasteiger partial charge in [0.15, 0.2) is 12.4 Å². The molecule has 0 saturated heterocycles. The molecule has 0 unspecified atom stereocenters. The van der Waals surface area contributed by atoms with Crippen molar-refractivity contribution >= 4 is 22.4 Å². The quantitative estimate of drug-likeness (QED) is 0.677. The number of hydrogen-bond donors (Lipinski definition) is 1. The first-order chi connectivity index (χ1) is 12.1. The molecule has 4 bridgehead atoms. The van der Waals surface area contributed by atoms with Crippen LogP contribution in [0.25, 0.3) is 0 Å². The van der Waals surface area contributed by atoms with E-state index in [4.69, 9.17) is 0 Å². The summed E-state index contributed by atoms with van der Waals surface area (Å²) < 4.78 is 0.660. The van der Waals surface area contributed by atoms with Crippen molar-refractivity contribution in [3.8, 4) is 0 Å². The van der Waals surface area contributed by atoms with Crippen LogP contribution in [-0.2, 0) is 5.41 Å². The Labute approximate surface area is 149 Å². The standard InChI is InChI=1S/C18H20N4O2S/c23-15(14-1-3-22(24)4-2-14)19-17-21-20-16(25-17)18-8-11-5-12(9-18)7-13(6-11)10-18/h1-4,11-13H,5-10H2,(H,19,21,23). The smallest absolute Gasteiger partial charge is 0.257 e. The molecule has 0 spiro atoms. The fourth-order valence-electron chi connectivity index (χ4n) is 5.59. The van der Waals surface area contributed by atoms with E-state index in [9.17, 15) is 10.0 Å². The highest BCUT2D eigenvalue weighted by molar-refractivity contribution is 7.15. The molecule has 7 heteroatoms. The van der Waals surface area contributed by atoms with E-state index in [1.54, 1.807) is 0 Å². The Morgan fingerprint density at radius 2 is 1.72 bits per heavy atom. The van der Waals surface area contributed by atoms with Gasteiger partial charge < -0.3 is 5.21 Å². The van der Waals surface area contributed by atoms with Crippen LogP contribution in [0.4, 0.5) is 5.13 Å². The van der Waals surface area contributed by atoms with Crippen LogP contribution < -0.4 is 10.0 Å². The minimum absolute atomic E-state index is 0.205. The minimum Gasteiger partial charge on any atom is -0.619 e. The number of rotatable bonds is 3. The average Bonchev–Trinajstić information content (AvgIpc) is 3.03. The van der Waals surface area contributed by atoms with Crippen LogP contribution in [0.1, 0.15) is 53.9 Å². The predicted octanol–water partition coefficient (Wildman–Crippen LogP) is 2.89. The minimum atomic E-state index is -0.256. The number of carbonyl (C=O) groups excluding carboxylic acids is 1. The van der Waals surface area contributed by atoms with Crippen LogP contribution in [-0.4, -0.2) is 16.1 Å². The Balaban J connectivity index is 1.35. The second kappa shape index (κ2) is 5.49. The lowest BCUT2D eigenvalue weighted by atomic mass is 9.50. The lowest BCUT2D eigenvalue weighted by Crippen LogP contribution is -2.48. The maximum Gasteiger partial charge on any atom is 0.257 e. The van der Waals surface area contributed by atoms with E-state index >= 15 is 0 Å². The number of amides is 1. The van der Waals surface area contributed by atoms with Crippen molar-refractivity contribution in [2.24, 2.45) is 17.8 Å². The molecule has 4 aliphatic carbocycles. The van der Waals surface area contributed by atoms with Crippen LogP contribution in [0, 0.1) is 23.0 Å². The zero-order valence-corrected chi connectivity index (χ0v) is 14.7. The van der Waals surface area contributed by atoms with Crippen molar-refractivity contribution in [3.63, 3.8) is 0 Å². The van der Waals surface area contributed by atoms with E-state index in [0.717, 1.165) is 22.8 Å². The predicted molar refractivity (Wildman–Crippen MR) is 93.1 cm³/mol. The number of nitrogens with one attached hydrogen (secondary N) is 1. The fraction of sp³-hybridized carbons (Fsp3) is 0.556. The Morgan fingerprint density at radius 1 is 1.12 bits per heavy atom. The van der Waals surface area contributed by atoms with Gasteiger partial charge in [0, 0.05) is 17.5 Å². The summed E-state index contributed by atoms with van der Waals surface area (Å²) in [4.78, 5) is 12.3. The highest BCUT2D eigenvalue weighted by atomic mass is 32.1. The number of anilines is 1. The van der Waals surface area contributed by atoms with Crippen LogP contribution >= 0.6 is 11.3 Å². The molecular weight excluding hydrogens is 336 g/mol. The van der Waals surface area contributed by atoms with Crippen LogP contribution in [0.2, 0.25) is 0 Å². The molecule has 4 aliphatic rings. The maximum atomic E-state index is 12.3.